The maximum Gasteiger partial charge on any atom is 0.0596 e. The lowest BCUT2D eigenvalue weighted by Gasteiger charge is -2.17. The van der Waals surface area contributed by atoms with Crippen molar-refractivity contribution in [3.05, 3.63) is 46.5 Å². The molecule has 1 N–H and O–H groups in total. The molecule has 0 aliphatic rings. The van der Waals surface area contributed by atoms with Crippen LogP contribution < -0.4 is 5.32 Å². The summed E-state index contributed by atoms with van der Waals surface area (Å²) in [6.45, 7) is 6.10. The number of aryl methyl sites for hydroxylation is 4. The molecule has 0 saturated heterocycles. The number of nitrogens with one attached hydrogen (secondary N) is 1. The van der Waals surface area contributed by atoms with Gasteiger partial charge in [0.1, 0.15) is 0 Å². The van der Waals surface area contributed by atoms with Crippen LogP contribution in [-0.2, 0) is 13.5 Å². The fourth-order valence-corrected chi connectivity index (χ4v) is 2.52. The van der Waals surface area contributed by atoms with Crippen molar-refractivity contribution >= 4 is 0 Å². The Morgan fingerprint density at radius 2 is 1.74 bits per heavy atom. The molecule has 1 atom stereocenters. The molecule has 102 valence electrons. The molecule has 1 unspecified atom stereocenters. The van der Waals surface area contributed by atoms with Gasteiger partial charge in [0.05, 0.1) is 5.69 Å². The molecule has 0 radical (unpaired) electrons. The number of hydrogen-bond acceptors (Lipinski definition) is 3. The Morgan fingerprint density at radius 1 is 1.11 bits per heavy atom. The second-order valence-corrected chi connectivity index (χ2v) is 5.13. The molecule has 4 nitrogen and oxygen atoms in total. The van der Waals surface area contributed by atoms with Crippen molar-refractivity contribution in [3.63, 3.8) is 0 Å². The average molecular weight is 258 g/mol. The summed E-state index contributed by atoms with van der Waals surface area (Å²) in [6, 6.07) is 6.73. The van der Waals surface area contributed by atoms with Crippen molar-refractivity contribution in [2.45, 2.75) is 33.2 Å². The maximum absolute atomic E-state index is 4.43. The Kier molecular flexibility index (Phi) is 4.00. The van der Waals surface area contributed by atoms with Gasteiger partial charge in [-0.05, 0) is 51.6 Å². The molecule has 0 aliphatic carbocycles. The summed E-state index contributed by atoms with van der Waals surface area (Å²) in [4.78, 5) is 4.43. The molecule has 0 aliphatic heterocycles. The Balaban J connectivity index is 2.27. The van der Waals surface area contributed by atoms with Gasteiger partial charge >= 0.3 is 0 Å². The molecule has 4 heteroatoms. The molecule has 0 bridgehead atoms. The number of nitrogens with zero attached hydrogens (tertiary/aromatic N) is 3. The zero-order valence-electron chi connectivity index (χ0n) is 12.4. The first-order chi connectivity index (χ1) is 8.99. The minimum atomic E-state index is 0.287. The zero-order chi connectivity index (χ0) is 14.0. The number of likely N-dealkylation sites (N-methyl/N-ethyl adjacent to an activating group) is 1. The highest BCUT2D eigenvalue weighted by Crippen LogP contribution is 2.19. The van der Waals surface area contributed by atoms with Crippen LogP contribution >= 0.6 is 0 Å². The van der Waals surface area contributed by atoms with Crippen molar-refractivity contribution in [2.75, 3.05) is 7.05 Å². The molecule has 0 fully saturated rings. The second kappa shape index (κ2) is 5.53. The first kappa shape index (κ1) is 13.7. The summed E-state index contributed by atoms with van der Waals surface area (Å²) >= 11 is 0. The summed E-state index contributed by atoms with van der Waals surface area (Å²) in [5.74, 6) is 0. The van der Waals surface area contributed by atoms with Crippen molar-refractivity contribution in [1.82, 2.24) is 20.1 Å². The lowest BCUT2D eigenvalue weighted by atomic mass is 10.0. The van der Waals surface area contributed by atoms with E-state index in [0.29, 0.717) is 0 Å². The van der Waals surface area contributed by atoms with Crippen LogP contribution in [0.4, 0.5) is 0 Å². The van der Waals surface area contributed by atoms with E-state index in [9.17, 15) is 0 Å². The van der Waals surface area contributed by atoms with Crippen molar-refractivity contribution < 1.29 is 0 Å². The highest BCUT2D eigenvalue weighted by atomic mass is 15.3. The van der Waals surface area contributed by atoms with Crippen molar-refractivity contribution in [3.8, 4) is 0 Å². The highest BCUT2D eigenvalue weighted by Gasteiger charge is 2.14. The Labute approximate surface area is 114 Å². The molecule has 2 aromatic rings. The zero-order valence-corrected chi connectivity index (χ0v) is 12.4. The Morgan fingerprint density at radius 3 is 2.21 bits per heavy atom. The van der Waals surface area contributed by atoms with Gasteiger partial charge < -0.3 is 5.32 Å². The molecule has 19 heavy (non-hydrogen) atoms. The smallest absolute Gasteiger partial charge is 0.0596 e. The van der Waals surface area contributed by atoms with Crippen LogP contribution in [0.1, 0.15) is 34.4 Å². The fourth-order valence-electron chi connectivity index (χ4n) is 2.52. The quantitative estimate of drug-likeness (QED) is 0.914. The van der Waals surface area contributed by atoms with E-state index < -0.39 is 0 Å². The lowest BCUT2D eigenvalue weighted by Crippen LogP contribution is -2.20. The van der Waals surface area contributed by atoms with Crippen LogP contribution in [-0.4, -0.2) is 21.8 Å². The topological polar surface area (TPSA) is 42.7 Å². The molecule has 0 saturated carbocycles. The first-order valence-corrected chi connectivity index (χ1v) is 6.61. The third-order valence-corrected chi connectivity index (χ3v) is 3.37. The van der Waals surface area contributed by atoms with E-state index in [1.54, 1.807) is 0 Å². The summed E-state index contributed by atoms with van der Waals surface area (Å²) in [5, 5.41) is 7.79. The third kappa shape index (κ3) is 3.20. The summed E-state index contributed by atoms with van der Waals surface area (Å²) in [7, 11) is 4.00. The largest absolute Gasteiger partial charge is 0.313 e. The van der Waals surface area contributed by atoms with Gasteiger partial charge in [0.15, 0.2) is 0 Å². The van der Waals surface area contributed by atoms with Gasteiger partial charge in [0.2, 0.25) is 0 Å². The minimum Gasteiger partial charge on any atom is -0.313 e. The Bertz CT molecular complexity index is 551. The normalized spacial score (nSPS) is 12.7. The van der Waals surface area contributed by atoms with E-state index in [2.05, 4.69) is 33.6 Å². The van der Waals surface area contributed by atoms with Gasteiger partial charge in [0, 0.05) is 36.6 Å². The molecule has 2 rings (SSSR count). The van der Waals surface area contributed by atoms with Crippen molar-refractivity contribution in [1.29, 1.82) is 0 Å². The van der Waals surface area contributed by atoms with Gasteiger partial charge in [-0.1, -0.05) is 0 Å². The minimum absolute atomic E-state index is 0.287. The van der Waals surface area contributed by atoms with E-state index in [-0.39, 0.29) is 6.04 Å². The molecule has 0 amide bonds. The van der Waals surface area contributed by atoms with Crippen LogP contribution in [0.25, 0.3) is 0 Å². The first-order valence-electron chi connectivity index (χ1n) is 6.61. The van der Waals surface area contributed by atoms with Crippen LogP contribution in [0, 0.1) is 20.8 Å². The molecule has 0 aromatic carbocycles. The van der Waals surface area contributed by atoms with Gasteiger partial charge in [-0.3, -0.25) is 9.67 Å². The third-order valence-electron chi connectivity index (χ3n) is 3.37. The predicted octanol–water partition coefficient (Wildman–Crippen LogP) is 2.24. The fraction of sp³-hybridized carbons (Fsp3) is 0.467. The van der Waals surface area contributed by atoms with E-state index in [1.165, 1.54) is 11.3 Å². The maximum atomic E-state index is 4.43. The van der Waals surface area contributed by atoms with Gasteiger partial charge in [-0.25, -0.2) is 0 Å². The van der Waals surface area contributed by atoms with Gasteiger partial charge in [0.25, 0.3) is 0 Å². The lowest BCUT2D eigenvalue weighted by molar-refractivity contribution is 0.560. The number of pyridine rings is 1. The van der Waals surface area contributed by atoms with E-state index in [1.807, 2.05) is 39.5 Å². The van der Waals surface area contributed by atoms with Crippen LogP contribution in [0.15, 0.2) is 18.2 Å². The van der Waals surface area contributed by atoms with Gasteiger partial charge in [-0.15, -0.1) is 0 Å². The SMILES string of the molecule is CNC(Cc1cc(C)nn1C)c1cc(C)nc(C)c1. The molecular weight excluding hydrogens is 236 g/mol. The standard InChI is InChI=1S/C15H22N4/c1-10-6-13(7-11(2)17-10)15(16-4)9-14-8-12(3)18-19(14)5/h6-8,15-16H,9H2,1-5H3. The number of aromatic nitrogens is 3. The van der Waals surface area contributed by atoms with E-state index in [0.717, 1.165) is 23.5 Å². The van der Waals surface area contributed by atoms with Crippen molar-refractivity contribution in [2.24, 2.45) is 7.05 Å². The van der Waals surface area contributed by atoms with E-state index in [4.69, 9.17) is 0 Å². The summed E-state index contributed by atoms with van der Waals surface area (Å²) in [6.07, 6.45) is 0.927. The second-order valence-electron chi connectivity index (χ2n) is 5.13. The molecule has 2 aromatic heterocycles. The number of hydrogen-bond donors (Lipinski definition) is 1. The molecular formula is C15H22N4. The monoisotopic (exact) mass is 258 g/mol. The summed E-state index contributed by atoms with van der Waals surface area (Å²) in [5.41, 5.74) is 5.72. The molecule has 0 spiro atoms. The molecule has 2 heterocycles. The average Bonchev–Trinajstić information content (AvgIpc) is 2.63. The number of rotatable bonds is 4. The van der Waals surface area contributed by atoms with Crippen LogP contribution in [0.3, 0.4) is 0 Å². The van der Waals surface area contributed by atoms with Crippen LogP contribution in [0.2, 0.25) is 0 Å². The van der Waals surface area contributed by atoms with Gasteiger partial charge in [-0.2, -0.15) is 5.10 Å². The summed E-state index contributed by atoms with van der Waals surface area (Å²) < 4.78 is 1.96. The van der Waals surface area contributed by atoms with Crippen LogP contribution in [0.5, 0.6) is 0 Å². The highest BCUT2D eigenvalue weighted by molar-refractivity contribution is 5.25. The van der Waals surface area contributed by atoms with E-state index >= 15 is 0 Å². The Hall–Kier alpha value is -1.68. The predicted molar refractivity (Wildman–Crippen MR) is 77.2 cm³/mol.